The molecular weight excluding hydrogens is 248 g/mol. The van der Waals surface area contributed by atoms with Crippen LogP contribution in [0.1, 0.15) is 25.3 Å². The van der Waals surface area contributed by atoms with Crippen LogP contribution in [0.4, 0.5) is 5.69 Å². The molecule has 0 fully saturated rings. The van der Waals surface area contributed by atoms with E-state index < -0.39 is 0 Å². The largest absolute Gasteiger partial charge is 0.495 e. The number of benzene rings is 1. The highest BCUT2D eigenvalue weighted by Gasteiger charge is 2.34. The summed E-state index contributed by atoms with van der Waals surface area (Å²) in [5, 5.41) is 4.22. The highest BCUT2D eigenvalue weighted by molar-refractivity contribution is 6.32. The van der Waals surface area contributed by atoms with Crippen LogP contribution in [0.5, 0.6) is 5.75 Å². The lowest BCUT2D eigenvalue weighted by Crippen LogP contribution is -2.37. The van der Waals surface area contributed by atoms with Crippen molar-refractivity contribution in [3.8, 4) is 5.75 Å². The zero-order valence-electron chi connectivity index (χ0n) is 11.5. The molecule has 0 spiro atoms. The maximum Gasteiger partial charge on any atom is 0.142 e. The summed E-state index contributed by atoms with van der Waals surface area (Å²) in [6, 6.07) is 3.87. The molecule has 0 aromatic heterocycles. The number of hydrogen-bond acceptors (Lipinski definition) is 3. The molecule has 0 radical (unpaired) electrons. The maximum absolute atomic E-state index is 6.45. The molecule has 1 atom stereocenters. The molecule has 1 aliphatic heterocycles. The number of rotatable bonds is 2. The van der Waals surface area contributed by atoms with Gasteiger partial charge in [-0.3, -0.25) is 0 Å². The lowest BCUT2D eigenvalue weighted by Gasteiger charge is -2.32. The van der Waals surface area contributed by atoms with Gasteiger partial charge in [-0.05, 0) is 38.9 Å². The molecule has 2 rings (SSSR count). The Bertz CT molecular complexity index is 450. The summed E-state index contributed by atoms with van der Waals surface area (Å²) in [5.74, 6) is 0.889. The van der Waals surface area contributed by atoms with Crippen LogP contribution in [-0.2, 0) is 5.54 Å². The van der Waals surface area contributed by atoms with Crippen molar-refractivity contribution in [1.29, 1.82) is 0 Å². The molecule has 1 aromatic carbocycles. The Morgan fingerprint density at radius 1 is 1.44 bits per heavy atom. The average molecular weight is 269 g/mol. The van der Waals surface area contributed by atoms with Crippen LogP contribution in [-0.4, -0.2) is 27.7 Å². The van der Waals surface area contributed by atoms with Gasteiger partial charge in [0.15, 0.2) is 0 Å². The number of methoxy groups -OCH3 is 1. The quantitative estimate of drug-likeness (QED) is 0.892. The van der Waals surface area contributed by atoms with Crippen LogP contribution >= 0.6 is 11.6 Å². The second-order valence-corrected chi connectivity index (χ2v) is 5.49. The summed E-state index contributed by atoms with van der Waals surface area (Å²) >= 11 is 6.45. The Hall–Kier alpha value is -0.930. The third-order valence-corrected chi connectivity index (χ3v) is 4.28. The molecule has 3 nitrogen and oxygen atoms in total. The molecule has 1 heterocycles. The molecule has 18 heavy (non-hydrogen) atoms. The van der Waals surface area contributed by atoms with Crippen LogP contribution in [0.3, 0.4) is 0 Å². The van der Waals surface area contributed by atoms with Gasteiger partial charge in [-0.15, -0.1) is 0 Å². The second-order valence-electron chi connectivity index (χ2n) is 5.08. The van der Waals surface area contributed by atoms with E-state index in [1.165, 1.54) is 0 Å². The number of hydrogen-bond donors (Lipinski definition) is 1. The first-order valence-electron chi connectivity index (χ1n) is 6.30. The SMILES string of the molecule is CNC1(C)CCCN(C)c2c(OC)ccc(Cl)c21. The Morgan fingerprint density at radius 2 is 2.17 bits per heavy atom. The van der Waals surface area contributed by atoms with Gasteiger partial charge in [0.05, 0.1) is 12.8 Å². The molecule has 1 unspecified atom stereocenters. The van der Waals surface area contributed by atoms with E-state index in [1.54, 1.807) is 7.11 Å². The monoisotopic (exact) mass is 268 g/mol. The van der Waals surface area contributed by atoms with Crippen molar-refractivity contribution in [3.63, 3.8) is 0 Å². The van der Waals surface area contributed by atoms with Gasteiger partial charge in [-0.2, -0.15) is 0 Å². The minimum atomic E-state index is -0.105. The first-order valence-corrected chi connectivity index (χ1v) is 6.68. The van der Waals surface area contributed by atoms with Gasteiger partial charge < -0.3 is 15.0 Å². The summed E-state index contributed by atoms with van der Waals surface area (Å²) in [5.41, 5.74) is 2.15. The highest BCUT2D eigenvalue weighted by Crippen LogP contribution is 2.45. The van der Waals surface area contributed by atoms with E-state index in [4.69, 9.17) is 16.3 Å². The summed E-state index contributed by atoms with van der Waals surface area (Å²) in [6.45, 7) is 3.22. The number of fused-ring (bicyclic) bond motifs is 1. The van der Waals surface area contributed by atoms with Crippen LogP contribution in [0.15, 0.2) is 12.1 Å². The van der Waals surface area contributed by atoms with Crippen LogP contribution < -0.4 is 15.0 Å². The van der Waals surface area contributed by atoms with E-state index in [9.17, 15) is 0 Å². The van der Waals surface area contributed by atoms with Crippen molar-refractivity contribution in [1.82, 2.24) is 5.32 Å². The third kappa shape index (κ3) is 2.06. The molecule has 100 valence electrons. The minimum Gasteiger partial charge on any atom is -0.495 e. The first kappa shape index (κ1) is 13.5. The molecule has 0 saturated carbocycles. The van der Waals surface area contributed by atoms with Gasteiger partial charge in [0.2, 0.25) is 0 Å². The molecule has 0 saturated heterocycles. The average Bonchev–Trinajstić information content (AvgIpc) is 2.50. The molecule has 0 aliphatic carbocycles. The predicted octanol–water partition coefficient (Wildman–Crippen LogP) is 3.01. The third-order valence-electron chi connectivity index (χ3n) is 3.97. The number of anilines is 1. The first-order chi connectivity index (χ1) is 8.53. The van der Waals surface area contributed by atoms with Gasteiger partial charge >= 0.3 is 0 Å². The molecule has 1 aliphatic rings. The van der Waals surface area contributed by atoms with Crippen molar-refractivity contribution in [2.24, 2.45) is 0 Å². The number of nitrogens with zero attached hydrogens (tertiary/aromatic N) is 1. The smallest absolute Gasteiger partial charge is 0.142 e. The van der Waals surface area contributed by atoms with E-state index in [-0.39, 0.29) is 5.54 Å². The minimum absolute atomic E-state index is 0.105. The van der Waals surface area contributed by atoms with Crippen LogP contribution in [0.25, 0.3) is 0 Å². The van der Waals surface area contributed by atoms with Crippen molar-refractivity contribution < 1.29 is 4.74 Å². The van der Waals surface area contributed by atoms with Crippen LogP contribution in [0.2, 0.25) is 5.02 Å². The normalized spacial score (nSPS) is 23.5. The predicted molar refractivity (Wildman–Crippen MR) is 76.9 cm³/mol. The summed E-state index contributed by atoms with van der Waals surface area (Å²) < 4.78 is 5.50. The van der Waals surface area contributed by atoms with Crippen molar-refractivity contribution >= 4 is 17.3 Å². The number of nitrogens with one attached hydrogen (secondary N) is 1. The standard InChI is InChI=1S/C14H21ClN2O/c1-14(16-2)8-5-9-17(3)13-11(18-4)7-6-10(15)12(13)14/h6-7,16H,5,8-9H2,1-4H3. The Morgan fingerprint density at radius 3 is 2.78 bits per heavy atom. The number of halogens is 1. The highest BCUT2D eigenvalue weighted by atomic mass is 35.5. The van der Waals surface area contributed by atoms with Gasteiger partial charge in [0.25, 0.3) is 0 Å². The van der Waals surface area contributed by atoms with Gasteiger partial charge in [-0.25, -0.2) is 0 Å². The van der Waals surface area contributed by atoms with Crippen molar-refractivity contribution in [2.45, 2.75) is 25.3 Å². The molecule has 0 amide bonds. The van der Waals surface area contributed by atoms with Crippen LogP contribution in [0, 0.1) is 0 Å². The second kappa shape index (κ2) is 4.98. The van der Waals surface area contributed by atoms with E-state index in [1.807, 2.05) is 19.2 Å². The summed E-state index contributed by atoms with van der Waals surface area (Å²) in [4.78, 5) is 2.24. The lowest BCUT2D eigenvalue weighted by atomic mass is 9.87. The van der Waals surface area contributed by atoms with Gasteiger partial charge in [0.1, 0.15) is 5.75 Å². The molecule has 4 heteroatoms. The Kier molecular flexibility index (Phi) is 3.74. The van der Waals surface area contributed by atoms with E-state index in [0.717, 1.165) is 41.4 Å². The zero-order chi connectivity index (χ0) is 13.3. The summed E-state index contributed by atoms with van der Waals surface area (Å²) in [7, 11) is 5.79. The van der Waals surface area contributed by atoms with E-state index in [2.05, 4.69) is 24.2 Å². The van der Waals surface area contributed by atoms with E-state index >= 15 is 0 Å². The van der Waals surface area contributed by atoms with Gasteiger partial charge in [0, 0.05) is 29.7 Å². The Balaban J connectivity index is 2.71. The fourth-order valence-electron chi connectivity index (χ4n) is 2.77. The van der Waals surface area contributed by atoms with Crippen molar-refractivity contribution in [3.05, 3.63) is 22.7 Å². The zero-order valence-corrected chi connectivity index (χ0v) is 12.3. The summed E-state index contributed by atoms with van der Waals surface area (Å²) in [6.07, 6.45) is 2.19. The number of ether oxygens (including phenoxy) is 1. The van der Waals surface area contributed by atoms with E-state index in [0.29, 0.717) is 0 Å². The fourth-order valence-corrected chi connectivity index (χ4v) is 3.13. The fraction of sp³-hybridized carbons (Fsp3) is 0.571. The Labute approximate surface area is 114 Å². The van der Waals surface area contributed by atoms with Crippen molar-refractivity contribution in [2.75, 3.05) is 32.6 Å². The lowest BCUT2D eigenvalue weighted by molar-refractivity contribution is 0.367. The topological polar surface area (TPSA) is 24.5 Å². The maximum atomic E-state index is 6.45. The van der Waals surface area contributed by atoms with Gasteiger partial charge in [-0.1, -0.05) is 11.6 Å². The molecule has 1 N–H and O–H groups in total. The molecular formula is C14H21ClN2O. The molecule has 0 bridgehead atoms. The molecule has 1 aromatic rings.